The van der Waals surface area contributed by atoms with Gasteiger partial charge in [-0.15, -0.1) is 0 Å². The molecule has 1 heterocycles. The Kier molecular flexibility index (Phi) is 4.32. The minimum absolute atomic E-state index is 0.0337. The summed E-state index contributed by atoms with van der Waals surface area (Å²) in [6, 6.07) is 7.97. The van der Waals surface area contributed by atoms with Crippen LogP contribution in [-0.4, -0.2) is 10.9 Å². The molecule has 0 radical (unpaired) electrons. The van der Waals surface area contributed by atoms with E-state index in [9.17, 15) is 4.79 Å². The summed E-state index contributed by atoms with van der Waals surface area (Å²) in [5.41, 5.74) is 4.05. The standard InChI is InChI=1S/C15H15BrN2O/c1-10-3-4-11(2)12(5-10)6-15(19)18-14-7-13(16)8-17-9-14/h3-5,7-9H,6H2,1-2H3,(H,18,19). The smallest absolute Gasteiger partial charge is 0.228 e. The van der Waals surface area contributed by atoms with Gasteiger partial charge in [-0.3, -0.25) is 9.78 Å². The second kappa shape index (κ2) is 5.97. The molecule has 1 aromatic carbocycles. The molecule has 0 aliphatic rings. The number of nitrogens with zero attached hydrogens (tertiary/aromatic N) is 1. The van der Waals surface area contributed by atoms with Crippen molar-refractivity contribution in [3.05, 3.63) is 57.8 Å². The fourth-order valence-corrected chi connectivity index (χ4v) is 2.21. The third-order valence-electron chi connectivity index (χ3n) is 2.84. The molecular weight excluding hydrogens is 304 g/mol. The summed E-state index contributed by atoms with van der Waals surface area (Å²) < 4.78 is 0.844. The Morgan fingerprint density at radius 3 is 2.79 bits per heavy atom. The first-order valence-corrected chi connectivity index (χ1v) is 6.80. The van der Waals surface area contributed by atoms with Gasteiger partial charge in [0, 0.05) is 10.7 Å². The molecule has 2 rings (SSSR count). The number of hydrogen-bond acceptors (Lipinski definition) is 2. The van der Waals surface area contributed by atoms with Crippen LogP contribution in [0.4, 0.5) is 5.69 Å². The Balaban J connectivity index is 2.07. The summed E-state index contributed by atoms with van der Waals surface area (Å²) in [6.07, 6.45) is 3.69. The number of carbonyl (C=O) groups is 1. The molecule has 0 fully saturated rings. The fraction of sp³-hybridized carbons (Fsp3) is 0.200. The van der Waals surface area contributed by atoms with Crippen molar-refractivity contribution in [3.63, 3.8) is 0 Å². The average Bonchev–Trinajstić information content (AvgIpc) is 2.34. The molecule has 0 bridgehead atoms. The maximum absolute atomic E-state index is 12.0. The number of benzene rings is 1. The second-order valence-corrected chi connectivity index (χ2v) is 5.46. The van der Waals surface area contributed by atoms with Gasteiger partial charge < -0.3 is 5.32 Å². The first-order valence-electron chi connectivity index (χ1n) is 6.01. The fourth-order valence-electron chi connectivity index (χ4n) is 1.85. The van der Waals surface area contributed by atoms with Crippen LogP contribution in [-0.2, 0) is 11.2 Å². The normalized spacial score (nSPS) is 10.3. The van der Waals surface area contributed by atoms with Gasteiger partial charge in [0.2, 0.25) is 5.91 Å². The largest absolute Gasteiger partial charge is 0.324 e. The number of rotatable bonds is 3. The third kappa shape index (κ3) is 3.89. The number of carbonyl (C=O) groups excluding carboxylic acids is 1. The molecular formula is C15H15BrN2O. The van der Waals surface area contributed by atoms with E-state index in [1.807, 2.05) is 32.0 Å². The van der Waals surface area contributed by atoms with Gasteiger partial charge in [-0.1, -0.05) is 23.8 Å². The lowest BCUT2D eigenvalue weighted by atomic mass is 10.0. The van der Waals surface area contributed by atoms with E-state index < -0.39 is 0 Å². The molecule has 2 aromatic rings. The van der Waals surface area contributed by atoms with Crippen molar-refractivity contribution in [1.29, 1.82) is 0 Å². The summed E-state index contributed by atoms with van der Waals surface area (Å²) >= 11 is 3.33. The third-order valence-corrected chi connectivity index (χ3v) is 3.28. The highest BCUT2D eigenvalue weighted by Gasteiger charge is 2.07. The Labute approximate surface area is 121 Å². The van der Waals surface area contributed by atoms with Crippen LogP contribution >= 0.6 is 15.9 Å². The van der Waals surface area contributed by atoms with E-state index in [4.69, 9.17) is 0 Å². The predicted molar refractivity (Wildman–Crippen MR) is 80.2 cm³/mol. The van der Waals surface area contributed by atoms with Crippen LogP contribution in [0.2, 0.25) is 0 Å². The van der Waals surface area contributed by atoms with Gasteiger partial charge in [0.25, 0.3) is 0 Å². The van der Waals surface area contributed by atoms with Gasteiger partial charge in [0.1, 0.15) is 0 Å². The zero-order valence-corrected chi connectivity index (χ0v) is 12.5. The Morgan fingerprint density at radius 1 is 1.26 bits per heavy atom. The van der Waals surface area contributed by atoms with Gasteiger partial charge in [-0.2, -0.15) is 0 Å². The molecule has 1 N–H and O–H groups in total. The molecule has 3 nitrogen and oxygen atoms in total. The van der Waals surface area contributed by atoms with Crippen molar-refractivity contribution >= 4 is 27.5 Å². The molecule has 0 saturated carbocycles. The van der Waals surface area contributed by atoms with Crippen molar-refractivity contribution < 1.29 is 4.79 Å². The maximum Gasteiger partial charge on any atom is 0.228 e. The lowest BCUT2D eigenvalue weighted by Gasteiger charge is -2.08. The molecule has 0 atom stereocenters. The number of amides is 1. The molecule has 4 heteroatoms. The lowest BCUT2D eigenvalue weighted by molar-refractivity contribution is -0.115. The van der Waals surface area contributed by atoms with E-state index in [0.29, 0.717) is 12.1 Å². The summed E-state index contributed by atoms with van der Waals surface area (Å²) in [6.45, 7) is 4.04. The van der Waals surface area contributed by atoms with Gasteiger partial charge in [0.15, 0.2) is 0 Å². The second-order valence-electron chi connectivity index (χ2n) is 4.55. The van der Waals surface area contributed by atoms with Gasteiger partial charge in [0.05, 0.1) is 18.3 Å². The molecule has 0 aliphatic carbocycles. The highest BCUT2D eigenvalue weighted by Crippen LogP contribution is 2.15. The maximum atomic E-state index is 12.0. The van der Waals surface area contributed by atoms with Crippen LogP contribution in [0.3, 0.4) is 0 Å². The number of halogens is 1. The molecule has 0 spiro atoms. The molecule has 0 unspecified atom stereocenters. The van der Waals surface area contributed by atoms with E-state index >= 15 is 0 Å². The SMILES string of the molecule is Cc1ccc(C)c(CC(=O)Nc2cncc(Br)c2)c1. The molecule has 19 heavy (non-hydrogen) atoms. The van der Waals surface area contributed by atoms with E-state index in [1.54, 1.807) is 12.4 Å². The molecule has 98 valence electrons. The van der Waals surface area contributed by atoms with Gasteiger partial charge >= 0.3 is 0 Å². The predicted octanol–water partition coefficient (Wildman–Crippen LogP) is 3.64. The number of aryl methyl sites for hydroxylation is 2. The highest BCUT2D eigenvalue weighted by atomic mass is 79.9. The number of aromatic nitrogens is 1. The van der Waals surface area contributed by atoms with Crippen LogP contribution in [0.25, 0.3) is 0 Å². The van der Waals surface area contributed by atoms with Crippen LogP contribution in [0.5, 0.6) is 0 Å². The first kappa shape index (κ1) is 13.7. The Hall–Kier alpha value is -1.68. The average molecular weight is 319 g/mol. The molecule has 1 aromatic heterocycles. The van der Waals surface area contributed by atoms with Crippen molar-refractivity contribution in [2.75, 3.05) is 5.32 Å². The number of hydrogen-bond donors (Lipinski definition) is 1. The molecule has 0 aliphatic heterocycles. The van der Waals surface area contributed by atoms with E-state index in [2.05, 4.69) is 32.3 Å². The number of anilines is 1. The quantitative estimate of drug-likeness (QED) is 0.938. The van der Waals surface area contributed by atoms with Gasteiger partial charge in [-0.05, 0) is 47.0 Å². The first-order chi connectivity index (χ1) is 9.04. The summed E-state index contributed by atoms with van der Waals surface area (Å²) in [5, 5.41) is 2.85. The summed E-state index contributed by atoms with van der Waals surface area (Å²) in [4.78, 5) is 16.0. The minimum Gasteiger partial charge on any atom is -0.324 e. The minimum atomic E-state index is -0.0337. The van der Waals surface area contributed by atoms with Crippen molar-refractivity contribution in [3.8, 4) is 0 Å². The van der Waals surface area contributed by atoms with E-state index in [-0.39, 0.29) is 5.91 Å². The topological polar surface area (TPSA) is 42.0 Å². The summed E-state index contributed by atoms with van der Waals surface area (Å²) in [5.74, 6) is -0.0337. The molecule has 0 saturated heterocycles. The van der Waals surface area contributed by atoms with Crippen LogP contribution in [0, 0.1) is 13.8 Å². The monoisotopic (exact) mass is 318 g/mol. The van der Waals surface area contributed by atoms with E-state index in [0.717, 1.165) is 21.2 Å². The highest BCUT2D eigenvalue weighted by molar-refractivity contribution is 9.10. The summed E-state index contributed by atoms with van der Waals surface area (Å²) in [7, 11) is 0. The molecule has 1 amide bonds. The number of nitrogens with one attached hydrogen (secondary N) is 1. The van der Waals surface area contributed by atoms with Crippen molar-refractivity contribution in [2.24, 2.45) is 0 Å². The van der Waals surface area contributed by atoms with Crippen LogP contribution in [0.15, 0.2) is 41.1 Å². The zero-order chi connectivity index (χ0) is 13.8. The number of pyridine rings is 1. The van der Waals surface area contributed by atoms with Crippen molar-refractivity contribution in [1.82, 2.24) is 4.98 Å². The van der Waals surface area contributed by atoms with Crippen molar-refractivity contribution in [2.45, 2.75) is 20.3 Å². The van der Waals surface area contributed by atoms with E-state index in [1.165, 1.54) is 0 Å². The van der Waals surface area contributed by atoms with Crippen LogP contribution in [0.1, 0.15) is 16.7 Å². The van der Waals surface area contributed by atoms with Crippen LogP contribution < -0.4 is 5.32 Å². The lowest BCUT2D eigenvalue weighted by Crippen LogP contribution is -2.15. The Bertz CT molecular complexity index is 611. The Morgan fingerprint density at radius 2 is 2.05 bits per heavy atom. The van der Waals surface area contributed by atoms with Gasteiger partial charge in [-0.25, -0.2) is 0 Å². The zero-order valence-electron chi connectivity index (χ0n) is 10.9.